The highest BCUT2D eigenvalue weighted by Crippen LogP contribution is 2.39. The summed E-state index contributed by atoms with van der Waals surface area (Å²) in [7, 11) is 2.19. The number of guanidine groups is 1. The summed E-state index contributed by atoms with van der Waals surface area (Å²) in [5.41, 5.74) is 18.3. The Morgan fingerprint density at radius 1 is 0.983 bits per heavy atom. The van der Waals surface area contributed by atoms with Gasteiger partial charge >= 0.3 is 5.97 Å². The van der Waals surface area contributed by atoms with Crippen molar-refractivity contribution in [2.24, 2.45) is 22.2 Å². The van der Waals surface area contributed by atoms with Crippen LogP contribution in [0.2, 0.25) is 5.02 Å². The number of hydrogen-bond donors (Lipinski definition) is 11. The van der Waals surface area contributed by atoms with Gasteiger partial charge in [0.05, 0.1) is 12.6 Å². The molecule has 0 saturated carbocycles. The average Bonchev–Trinajstić information content (AvgIpc) is 3.16. The molecule has 1 heterocycles. The molecule has 1 fully saturated rings. The number of nitrogens with one attached hydrogen (secondary N) is 6. The molecule has 6 amide bonds. The number of aliphatic imine (C=N–C) groups is 1. The molecular weight excluding hydrogens is 816 g/mol. The molecule has 19 nitrogen and oxygen atoms in total. The molecule has 58 heavy (non-hydrogen) atoms. The van der Waals surface area contributed by atoms with E-state index >= 15 is 0 Å². The van der Waals surface area contributed by atoms with Crippen LogP contribution in [0.5, 0.6) is 5.75 Å². The lowest BCUT2D eigenvalue weighted by molar-refractivity contribution is -0.138. The van der Waals surface area contributed by atoms with Crippen LogP contribution in [0.25, 0.3) is 0 Å². The molecule has 0 unspecified atom stereocenters. The Hall–Kier alpha value is -5.25. The van der Waals surface area contributed by atoms with E-state index in [-0.39, 0.29) is 49.7 Å². The van der Waals surface area contributed by atoms with Crippen LogP contribution < -0.4 is 49.1 Å². The van der Waals surface area contributed by atoms with Crippen LogP contribution in [-0.2, 0) is 46.4 Å². The predicted octanol–water partition coefficient (Wildman–Crippen LogP) is -1.36. The van der Waals surface area contributed by atoms with E-state index in [2.05, 4.69) is 36.9 Å². The summed E-state index contributed by atoms with van der Waals surface area (Å²) in [5, 5.41) is 34.5. The Kier molecular flexibility index (Phi) is 18.4. The third-order valence-electron chi connectivity index (χ3n) is 8.53. The fourth-order valence-corrected chi connectivity index (χ4v) is 8.39. The van der Waals surface area contributed by atoms with Crippen molar-refractivity contribution >= 4 is 80.6 Å². The summed E-state index contributed by atoms with van der Waals surface area (Å²) in [4.78, 5) is 96.3. The maximum absolute atomic E-state index is 13.9. The third kappa shape index (κ3) is 15.9. The van der Waals surface area contributed by atoms with Crippen LogP contribution in [0.4, 0.5) is 0 Å². The molecule has 1 aliphatic rings. The van der Waals surface area contributed by atoms with Crippen molar-refractivity contribution in [2.45, 2.75) is 74.5 Å². The highest BCUT2D eigenvalue weighted by molar-refractivity contribution is 8.77. The molecule has 2 aromatic rings. The first-order chi connectivity index (χ1) is 27.3. The second kappa shape index (κ2) is 22.6. The molecule has 0 radical (unpaired) electrons. The van der Waals surface area contributed by atoms with Crippen LogP contribution in [-0.4, -0.2) is 118 Å². The number of carboxylic acids is 1. The first-order valence-corrected chi connectivity index (χ1v) is 20.7. The Morgan fingerprint density at radius 3 is 2.28 bits per heavy atom. The monoisotopic (exact) mass is 864 g/mol. The maximum Gasteiger partial charge on any atom is 0.322 e. The molecule has 3 rings (SSSR count). The van der Waals surface area contributed by atoms with E-state index in [1.54, 1.807) is 50.2 Å². The molecule has 2 aromatic carbocycles. The van der Waals surface area contributed by atoms with Gasteiger partial charge < -0.3 is 59.3 Å². The van der Waals surface area contributed by atoms with Crippen molar-refractivity contribution in [2.75, 3.05) is 25.4 Å². The summed E-state index contributed by atoms with van der Waals surface area (Å²) >= 11 is 6.04. The second-order valence-electron chi connectivity index (χ2n) is 13.7. The van der Waals surface area contributed by atoms with E-state index in [0.717, 1.165) is 21.6 Å². The minimum atomic E-state index is -1.35. The standard InChI is InChI=1S/C36H49ClN10O9S2/c1-36(2)29(47-30(52)23(38)14-19-7-11-22(48)12-8-19)34(56)42-16-27(49)44-25(15-20-5-9-21(37)10-6-20)32(54)46-26(18-57-58-36)33(55)45-24(4-3-13-41-35(39)40)31(53)43-17-28(50)51/h5-12,23-26,29,48H,3-4,13-18,38H2,1-2H3,(H,42,56)(H,43,53)(H,44,49)(H,45,55)(H,46,54)(H,47,52)(H,50,51)(H4,39,40,41)/t23-,24-,25-,26-,29+/m0/s1. The summed E-state index contributed by atoms with van der Waals surface area (Å²) in [6.45, 7) is 2.10. The van der Waals surface area contributed by atoms with Crippen LogP contribution in [0.15, 0.2) is 53.5 Å². The number of carboxylic acid groups (broad SMARTS) is 1. The number of carbonyl (C=O) groups is 7. The summed E-state index contributed by atoms with van der Waals surface area (Å²) in [6.07, 6.45) is 0.237. The quantitative estimate of drug-likeness (QED) is 0.0427. The zero-order chi connectivity index (χ0) is 43.0. The summed E-state index contributed by atoms with van der Waals surface area (Å²) in [6, 6.07) is 6.37. The van der Waals surface area contributed by atoms with E-state index in [1.165, 1.54) is 12.1 Å². The van der Waals surface area contributed by atoms with Gasteiger partial charge in [-0.1, -0.05) is 57.5 Å². The molecule has 0 aliphatic carbocycles. The minimum absolute atomic E-state index is 0.00974. The number of benzene rings is 2. The summed E-state index contributed by atoms with van der Waals surface area (Å²) < 4.78 is -1.13. The van der Waals surface area contributed by atoms with Gasteiger partial charge in [0.1, 0.15) is 36.5 Å². The smallest absolute Gasteiger partial charge is 0.322 e. The Morgan fingerprint density at radius 2 is 1.64 bits per heavy atom. The number of hydrogen-bond acceptors (Lipinski definition) is 12. The Bertz CT molecular complexity index is 1820. The fourth-order valence-electron chi connectivity index (χ4n) is 5.45. The van der Waals surface area contributed by atoms with Gasteiger partial charge in [0, 0.05) is 28.5 Å². The predicted molar refractivity (Wildman–Crippen MR) is 220 cm³/mol. The number of carbonyl (C=O) groups excluding carboxylic acids is 6. The van der Waals surface area contributed by atoms with Crippen molar-refractivity contribution in [1.29, 1.82) is 0 Å². The molecule has 14 N–H and O–H groups in total. The van der Waals surface area contributed by atoms with Gasteiger partial charge in [-0.2, -0.15) is 0 Å². The number of nitrogens with two attached hydrogens (primary N) is 3. The molecule has 0 aromatic heterocycles. The van der Waals surface area contributed by atoms with Crippen molar-refractivity contribution in [3.8, 4) is 5.75 Å². The number of halogens is 1. The minimum Gasteiger partial charge on any atom is -0.508 e. The third-order valence-corrected chi connectivity index (χ3v) is 12.1. The van der Waals surface area contributed by atoms with E-state index in [0.29, 0.717) is 16.1 Å². The van der Waals surface area contributed by atoms with E-state index in [9.17, 15) is 38.7 Å². The molecule has 22 heteroatoms. The first-order valence-electron chi connectivity index (χ1n) is 18.0. The molecule has 5 atom stereocenters. The Balaban J connectivity index is 1.93. The highest BCUT2D eigenvalue weighted by atomic mass is 35.5. The largest absolute Gasteiger partial charge is 0.508 e. The molecule has 0 bridgehead atoms. The number of phenols is 1. The highest BCUT2D eigenvalue weighted by Gasteiger charge is 2.40. The topological polar surface area (TPSA) is 323 Å². The zero-order valence-electron chi connectivity index (χ0n) is 31.8. The van der Waals surface area contributed by atoms with E-state index in [4.69, 9.17) is 33.9 Å². The molecule has 0 spiro atoms. The van der Waals surface area contributed by atoms with Gasteiger partial charge in [-0.05, 0) is 68.5 Å². The van der Waals surface area contributed by atoms with Crippen LogP contribution in [0, 0.1) is 0 Å². The van der Waals surface area contributed by atoms with Crippen molar-refractivity contribution in [3.05, 3.63) is 64.7 Å². The van der Waals surface area contributed by atoms with Gasteiger partial charge in [-0.3, -0.25) is 38.6 Å². The van der Waals surface area contributed by atoms with Crippen molar-refractivity contribution in [3.63, 3.8) is 0 Å². The number of rotatable bonds is 15. The maximum atomic E-state index is 13.9. The average molecular weight is 865 g/mol. The summed E-state index contributed by atoms with van der Waals surface area (Å²) in [5.74, 6) is -6.15. The van der Waals surface area contributed by atoms with Gasteiger partial charge in [0.15, 0.2) is 5.96 Å². The van der Waals surface area contributed by atoms with Crippen LogP contribution in [0.1, 0.15) is 37.8 Å². The molecule has 1 aliphatic heterocycles. The molecule has 316 valence electrons. The number of phenolic OH excluding ortho intramolecular Hbond substituents is 1. The van der Waals surface area contributed by atoms with Crippen LogP contribution in [0.3, 0.4) is 0 Å². The van der Waals surface area contributed by atoms with Gasteiger partial charge in [0.25, 0.3) is 0 Å². The lowest BCUT2D eigenvalue weighted by Crippen LogP contribution is -2.61. The second-order valence-corrected chi connectivity index (χ2v) is 17.2. The van der Waals surface area contributed by atoms with Crippen molar-refractivity contribution in [1.82, 2.24) is 31.9 Å². The van der Waals surface area contributed by atoms with Gasteiger partial charge in [-0.25, -0.2) is 0 Å². The number of aliphatic carboxylic acids is 1. The molecular formula is C36H49ClN10O9S2. The van der Waals surface area contributed by atoms with Crippen molar-refractivity contribution < 1.29 is 43.8 Å². The normalized spacial score (nSPS) is 19.7. The van der Waals surface area contributed by atoms with E-state index < -0.39 is 89.5 Å². The number of amides is 6. The lowest BCUT2D eigenvalue weighted by Gasteiger charge is -2.34. The fraction of sp³-hybridized carbons (Fsp3) is 0.444. The van der Waals surface area contributed by atoms with E-state index in [1.807, 2.05) is 0 Å². The molecule has 1 saturated heterocycles. The first kappa shape index (κ1) is 47.1. The zero-order valence-corrected chi connectivity index (χ0v) is 34.2. The number of nitrogens with zero attached hydrogens (tertiary/aromatic N) is 1. The van der Waals surface area contributed by atoms with Gasteiger partial charge in [0.2, 0.25) is 35.4 Å². The van der Waals surface area contributed by atoms with Crippen LogP contribution >= 0.6 is 33.2 Å². The lowest BCUT2D eigenvalue weighted by atomic mass is 10.0. The SMILES string of the molecule is CC1(C)SSC[C@@H](C(=O)N[C@@H](CCCN=C(N)N)C(=O)NCC(=O)O)NC(=O)[C@H](Cc2ccc(Cl)cc2)NC(=O)CNC(=O)[C@H]1NC(=O)[C@@H](N)Cc1ccc(O)cc1. The van der Waals surface area contributed by atoms with Gasteiger partial charge in [-0.15, -0.1) is 0 Å². The number of aromatic hydroxyl groups is 1. The Labute approximate surface area is 347 Å².